The van der Waals surface area contributed by atoms with Crippen molar-refractivity contribution in [3.05, 3.63) is 23.2 Å². The smallest absolute Gasteiger partial charge is 0.253 e. The van der Waals surface area contributed by atoms with E-state index in [2.05, 4.69) is 5.32 Å². The molecule has 0 bridgehead atoms. The zero-order chi connectivity index (χ0) is 14.3. The van der Waals surface area contributed by atoms with Crippen LogP contribution in [0, 0.1) is 0 Å². The lowest BCUT2D eigenvalue weighted by atomic mass is 10.2. The van der Waals surface area contributed by atoms with Crippen molar-refractivity contribution in [3.63, 3.8) is 0 Å². The summed E-state index contributed by atoms with van der Waals surface area (Å²) in [7, 11) is 0. The van der Waals surface area contributed by atoms with Crippen LogP contribution in [0.3, 0.4) is 0 Å². The van der Waals surface area contributed by atoms with Crippen molar-refractivity contribution in [1.29, 1.82) is 0 Å². The number of carbonyl (C=O) groups excluding carboxylic acids is 1. The average molecular weight is 287 g/mol. The highest BCUT2D eigenvalue weighted by Crippen LogP contribution is 2.22. The number of nitrogens with one attached hydrogen (secondary N) is 1. The SMILES string of the molecule is CCOCCOC(C)C(=O)Nc1ccc(Cl)cc1N. The van der Waals surface area contributed by atoms with E-state index in [9.17, 15) is 4.79 Å². The third-order valence-electron chi connectivity index (χ3n) is 2.44. The van der Waals surface area contributed by atoms with Crippen molar-refractivity contribution in [2.24, 2.45) is 0 Å². The molecule has 3 N–H and O–H groups in total. The highest BCUT2D eigenvalue weighted by Gasteiger charge is 2.14. The zero-order valence-electron chi connectivity index (χ0n) is 11.1. The summed E-state index contributed by atoms with van der Waals surface area (Å²) in [5.41, 5.74) is 6.69. The molecule has 1 amide bonds. The molecule has 0 radical (unpaired) electrons. The third kappa shape index (κ3) is 5.46. The number of rotatable bonds is 7. The summed E-state index contributed by atoms with van der Waals surface area (Å²) in [6.45, 7) is 5.05. The molecule has 19 heavy (non-hydrogen) atoms. The number of nitrogens with two attached hydrogens (primary N) is 1. The van der Waals surface area contributed by atoms with Crippen molar-refractivity contribution < 1.29 is 14.3 Å². The van der Waals surface area contributed by atoms with Gasteiger partial charge >= 0.3 is 0 Å². The Kier molecular flexibility index (Phi) is 6.62. The summed E-state index contributed by atoms with van der Waals surface area (Å²) in [5.74, 6) is -0.259. The monoisotopic (exact) mass is 286 g/mol. The van der Waals surface area contributed by atoms with Gasteiger partial charge in [-0.3, -0.25) is 4.79 Å². The molecule has 0 spiro atoms. The molecule has 0 heterocycles. The molecule has 1 aromatic rings. The first-order valence-electron chi connectivity index (χ1n) is 6.09. The van der Waals surface area contributed by atoms with Crippen LogP contribution in [-0.4, -0.2) is 31.8 Å². The molecule has 0 saturated carbocycles. The van der Waals surface area contributed by atoms with Gasteiger partial charge in [-0.1, -0.05) is 11.6 Å². The first kappa shape index (κ1) is 15.8. The Labute approximate surface area is 118 Å². The maximum absolute atomic E-state index is 11.8. The summed E-state index contributed by atoms with van der Waals surface area (Å²) >= 11 is 5.78. The maximum atomic E-state index is 11.8. The van der Waals surface area contributed by atoms with Gasteiger partial charge in [-0.2, -0.15) is 0 Å². The lowest BCUT2D eigenvalue weighted by molar-refractivity contribution is -0.127. The number of carbonyl (C=O) groups is 1. The van der Waals surface area contributed by atoms with E-state index in [4.69, 9.17) is 26.8 Å². The second-order valence-electron chi connectivity index (χ2n) is 3.93. The molecule has 1 aromatic carbocycles. The molecule has 0 aliphatic heterocycles. The molecule has 5 nitrogen and oxygen atoms in total. The van der Waals surface area contributed by atoms with E-state index in [1.54, 1.807) is 25.1 Å². The van der Waals surface area contributed by atoms with Crippen LogP contribution >= 0.6 is 11.6 Å². The van der Waals surface area contributed by atoms with E-state index in [1.165, 1.54) is 0 Å². The van der Waals surface area contributed by atoms with Crippen LogP contribution in [0.2, 0.25) is 5.02 Å². The number of hydrogen-bond donors (Lipinski definition) is 2. The lowest BCUT2D eigenvalue weighted by Gasteiger charge is -2.14. The van der Waals surface area contributed by atoms with Gasteiger partial charge in [0.15, 0.2) is 0 Å². The first-order chi connectivity index (χ1) is 9.04. The summed E-state index contributed by atoms with van der Waals surface area (Å²) in [5, 5.41) is 3.21. The summed E-state index contributed by atoms with van der Waals surface area (Å²) in [6, 6.07) is 4.90. The molecule has 6 heteroatoms. The topological polar surface area (TPSA) is 73.6 Å². The Morgan fingerprint density at radius 3 is 2.84 bits per heavy atom. The van der Waals surface area contributed by atoms with Crippen LogP contribution in [0.5, 0.6) is 0 Å². The maximum Gasteiger partial charge on any atom is 0.253 e. The first-order valence-corrected chi connectivity index (χ1v) is 6.47. The average Bonchev–Trinajstić information content (AvgIpc) is 2.37. The van der Waals surface area contributed by atoms with E-state index < -0.39 is 6.10 Å². The number of benzene rings is 1. The third-order valence-corrected chi connectivity index (χ3v) is 2.68. The van der Waals surface area contributed by atoms with Crippen molar-refractivity contribution >= 4 is 28.9 Å². The second kappa shape index (κ2) is 7.99. The van der Waals surface area contributed by atoms with E-state index in [0.29, 0.717) is 36.2 Å². The molecule has 0 aromatic heterocycles. The number of nitrogen functional groups attached to an aromatic ring is 1. The van der Waals surface area contributed by atoms with Crippen LogP contribution in [0.15, 0.2) is 18.2 Å². The second-order valence-corrected chi connectivity index (χ2v) is 4.37. The lowest BCUT2D eigenvalue weighted by Crippen LogP contribution is -2.29. The minimum Gasteiger partial charge on any atom is -0.397 e. The van der Waals surface area contributed by atoms with Crippen LogP contribution in [0.1, 0.15) is 13.8 Å². The van der Waals surface area contributed by atoms with Crippen molar-refractivity contribution in [2.45, 2.75) is 20.0 Å². The standard InChI is InChI=1S/C13H19ClN2O3/c1-3-18-6-7-19-9(2)13(17)16-12-5-4-10(14)8-11(12)15/h4-5,8-9H,3,6-7,15H2,1-2H3,(H,16,17). The molecule has 0 aliphatic rings. The summed E-state index contributed by atoms with van der Waals surface area (Å²) in [6.07, 6.45) is -0.574. The van der Waals surface area contributed by atoms with Gasteiger partial charge in [0.2, 0.25) is 0 Å². The Morgan fingerprint density at radius 2 is 2.21 bits per heavy atom. The number of halogens is 1. The van der Waals surface area contributed by atoms with E-state index in [1.807, 2.05) is 6.92 Å². The zero-order valence-corrected chi connectivity index (χ0v) is 11.9. The summed E-state index contributed by atoms with van der Waals surface area (Å²) in [4.78, 5) is 11.8. The van der Waals surface area contributed by atoms with Gasteiger partial charge in [-0.05, 0) is 32.0 Å². The Balaban J connectivity index is 2.45. The molecule has 106 valence electrons. The minimum absolute atomic E-state index is 0.259. The van der Waals surface area contributed by atoms with Crippen molar-refractivity contribution in [1.82, 2.24) is 0 Å². The van der Waals surface area contributed by atoms with Gasteiger partial charge in [0.1, 0.15) is 6.10 Å². The van der Waals surface area contributed by atoms with Gasteiger partial charge in [0.05, 0.1) is 24.6 Å². The normalized spacial score (nSPS) is 12.2. The van der Waals surface area contributed by atoms with Crippen LogP contribution in [0.4, 0.5) is 11.4 Å². The van der Waals surface area contributed by atoms with E-state index in [-0.39, 0.29) is 5.91 Å². The van der Waals surface area contributed by atoms with Gasteiger partial charge in [0, 0.05) is 11.6 Å². The molecular weight excluding hydrogens is 268 g/mol. The molecule has 0 fully saturated rings. The van der Waals surface area contributed by atoms with E-state index >= 15 is 0 Å². The number of ether oxygens (including phenoxy) is 2. The molecule has 1 rings (SSSR count). The molecular formula is C13H19ClN2O3. The van der Waals surface area contributed by atoms with Gasteiger partial charge < -0.3 is 20.5 Å². The van der Waals surface area contributed by atoms with E-state index in [0.717, 1.165) is 0 Å². The van der Waals surface area contributed by atoms with Crippen LogP contribution in [0.25, 0.3) is 0 Å². The molecule has 1 atom stereocenters. The van der Waals surface area contributed by atoms with Gasteiger partial charge in [-0.25, -0.2) is 0 Å². The quantitative estimate of drug-likeness (QED) is 0.596. The Hall–Kier alpha value is -1.30. The van der Waals surface area contributed by atoms with Crippen LogP contribution in [-0.2, 0) is 14.3 Å². The molecule has 0 saturated heterocycles. The largest absolute Gasteiger partial charge is 0.397 e. The highest BCUT2D eigenvalue weighted by atomic mass is 35.5. The predicted molar refractivity (Wildman–Crippen MR) is 76.4 cm³/mol. The predicted octanol–water partition coefficient (Wildman–Crippen LogP) is 2.30. The number of anilines is 2. The molecule has 1 unspecified atom stereocenters. The van der Waals surface area contributed by atoms with Crippen molar-refractivity contribution in [2.75, 3.05) is 30.9 Å². The fourth-order valence-corrected chi connectivity index (χ4v) is 1.57. The minimum atomic E-state index is -0.574. The Bertz CT molecular complexity index is 426. The van der Waals surface area contributed by atoms with Crippen molar-refractivity contribution in [3.8, 4) is 0 Å². The van der Waals surface area contributed by atoms with Crippen LogP contribution < -0.4 is 11.1 Å². The fraction of sp³-hybridized carbons (Fsp3) is 0.462. The number of amides is 1. The summed E-state index contributed by atoms with van der Waals surface area (Å²) < 4.78 is 10.5. The fourth-order valence-electron chi connectivity index (χ4n) is 1.39. The van der Waals surface area contributed by atoms with Gasteiger partial charge in [-0.15, -0.1) is 0 Å². The number of hydrogen-bond acceptors (Lipinski definition) is 4. The van der Waals surface area contributed by atoms with Gasteiger partial charge in [0.25, 0.3) is 5.91 Å². The highest BCUT2D eigenvalue weighted by molar-refractivity contribution is 6.31. The Morgan fingerprint density at radius 1 is 1.47 bits per heavy atom. The molecule has 0 aliphatic carbocycles.